The van der Waals surface area contributed by atoms with E-state index in [1.165, 1.54) is 18.0 Å². The molecule has 3 atom stereocenters. The van der Waals surface area contributed by atoms with Gasteiger partial charge in [0, 0.05) is 0 Å². The van der Waals surface area contributed by atoms with E-state index in [0.717, 1.165) is 0 Å². The summed E-state index contributed by atoms with van der Waals surface area (Å²) in [7, 11) is 1.41. The number of hydrogen-bond donors (Lipinski definition) is 4. The fraction of sp³-hybridized carbons (Fsp3) is 0.545. The fourth-order valence-corrected chi connectivity index (χ4v) is 2.44. The molecule has 2 aromatic rings. The topological polar surface area (TPSA) is 149 Å². The van der Waals surface area contributed by atoms with Gasteiger partial charge in [-0.1, -0.05) is 0 Å². The van der Waals surface area contributed by atoms with E-state index in [0.29, 0.717) is 5.52 Å². The van der Waals surface area contributed by atoms with Crippen LogP contribution in [-0.4, -0.2) is 67.4 Å². The van der Waals surface area contributed by atoms with Crippen molar-refractivity contribution >= 4 is 17.1 Å². The number of anilines is 1. The molecule has 0 amide bonds. The van der Waals surface area contributed by atoms with Gasteiger partial charge in [0.15, 0.2) is 16.9 Å². The first-order valence-corrected chi connectivity index (χ1v) is 6.19. The van der Waals surface area contributed by atoms with Gasteiger partial charge in [0.2, 0.25) is 11.8 Å². The number of methoxy groups -OCH3 is 1. The Morgan fingerprint density at radius 1 is 1.52 bits per heavy atom. The minimum absolute atomic E-state index is 0.0535. The summed E-state index contributed by atoms with van der Waals surface area (Å²) in [5.41, 5.74) is 4.56. The molecule has 114 valence electrons. The van der Waals surface area contributed by atoms with E-state index in [9.17, 15) is 15.3 Å². The van der Waals surface area contributed by atoms with Gasteiger partial charge in [-0.2, -0.15) is 9.97 Å². The average Bonchev–Trinajstić information content (AvgIpc) is 3.02. The molecule has 0 saturated carbocycles. The number of aliphatic hydroxyl groups excluding tert-OH is 3. The van der Waals surface area contributed by atoms with Gasteiger partial charge in [-0.25, -0.2) is 4.98 Å². The minimum atomic E-state index is -1.58. The van der Waals surface area contributed by atoms with Crippen molar-refractivity contribution < 1.29 is 24.8 Å². The highest BCUT2D eigenvalue weighted by atomic mass is 16.6. The van der Waals surface area contributed by atoms with Crippen molar-refractivity contribution in [2.24, 2.45) is 0 Å². The smallest absolute Gasteiger partial charge is 0.246 e. The van der Waals surface area contributed by atoms with Crippen LogP contribution in [0.3, 0.4) is 0 Å². The number of rotatable bonds is 3. The number of nitrogen functional groups attached to an aromatic ring is 1. The molecule has 0 aliphatic carbocycles. The zero-order valence-corrected chi connectivity index (χ0v) is 11.2. The van der Waals surface area contributed by atoms with Gasteiger partial charge < -0.3 is 30.5 Å². The van der Waals surface area contributed by atoms with Gasteiger partial charge in [-0.3, -0.25) is 4.57 Å². The van der Waals surface area contributed by atoms with Crippen LogP contribution in [0.4, 0.5) is 5.95 Å². The van der Waals surface area contributed by atoms with Crippen molar-refractivity contribution in [2.45, 2.75) is 17.9 Å². The summed E-state index contributed by atoms with van der Waals surface area (Å²) in [6.07, 6.45) is -1.16. The third-order valence-electron chi connectivity index (χ3n) is 3.54. The molecule has 1 saturated heterocycles. The van der Waals surface area contributed by atoms with Crippen molar-refractivity contribution in [1.29, 1.82) is 0 Å². The predicted octanol–water partition coefficient (Wildman–Crippen LogP) is -2.19. The third kappa shape index (κ3) is 1.84. The van der Waals surface area contributed by atoms with Crippen molar-refractivity contribution in [3.8, 4) is 5.88 Å². The van der Waals surface area contributed by atoms with E-state index in [4.69, 9.17) is 15.2 Å². The van der Waals surface area contributed by atoms with Crippen LogP contribution in [0.1, 0.15) is 0 Å². The van der Waals surface area contributed by atoms with Crippen molar-refractivity contribution in [1.82, 2.24) is 19.5 Å². The molecule has 1 aliphatic rings. The normalized spacial score (nSPS) is 29.1. The summed E-state index contributed by atoms with van der Waals surface area (Å²) in [6, 6.07) is 0. The van der Waals surface area contributed by atoms with Gasteiger partial charge in [-0.05, 0) is 0 Å². The van der Waals surface area contributed by atoms with Crippen LogP contribution in [0.25, 0.3) is 11.2 Å². The Hall–Kier alpha value is -2.01. The van der Waals surface area contributed by atoms with Crippen LogP contribution in [0, 0.1) is 0 Å². The van der Waals surface area contributed by atoms with E-state index in [2.05, 4.69) is 15.0 Å². The Morgan fingerprint density at radius 3 is 2.86 bits per heavy atom. The quantitative estimate of drug-likeness (QED) is 0.495. The summed E-state index contributed by atoms with van der Waals surface area (Å²) in [5.74, 6) is 0.111. The number of nitrogens with zero attached hydrogens (tertiary/aromatic N) is 4. The van der Waals surface area contributed by atoms with Crippen LogP contribution < -0.4 is 10.5 Å². The zero-order chi connectivity index (χ0) is 15.2. The second-order valence-corrected chi connectivity index (χ2v) is 4.70. The molecule has 1 aliphatic heterocycles. The predicted molar refractivity (Wildman–Crippen MR) is 69.3 cm³/mol. The number of hydrogen-bond acceptors (Lipinski definition) is 9. The fourth-order valence-electron chi connectivity index (χ4n) is 2.44. The van der Waals surface area contributed by atoms with Crippen molar-refractivity contribution in [3.05, 3.63) is 6.33 Å². The molecule has 0 unspecified atom stereocenters. The number of fused-ring (bicyclic) bond motifs is 1. The second-order valence-electron chi connectivity index (χ2n) is 4.70. The Labute approximate surface area is 118 Å². The second kappa shape index (κ2) is 4.77. The van der Waals surface area contributed by atoms with E-state index < -0.39 is 24.5 Å². The molecule has 0 bridgehead atoms. The Balaban J connectivity index is 2.23. The Kier molecular flexibility index (Phi) is 3.17. The maximum absolute atomic E-state index is 10.1. The lowest BCUT2D eigenvalue weighted by molar-refractivity contribution is -0.149. The first-order valence-electron chi connectivity index (χ1n) is 6.19. The molecule has 3 rings (SSSR count). The maximum atomic E-state index is 10.1. The standard InChI is InChI=1S/C11H15N5O5/c1-20-9-6-8(14-10(12)15-9)16(4-13-6)11(3-17)7(19)5(18)2-21-11/h4-5,7,17-19H,2-3H2,1H3,(H2,12,14,15)/t5-,7+,11+/m1/s1. The minimum Gasteiger partial charge on any atom is -0.479 e. The first kappa shape index (κ1) is 13.9. The van der Waals surface area contributed by atoms with E-state index >= 15 is 0 Å². The molecule has 5 N–H and O–H groups in total. The van der Waals surface area contributed by atoms with Crippen LogP contribution in [0.5, 0.6) is 5.88 Å². The maximum Gasteiger partial charge on any atom is 0.246 e. The first-order chi connectivity index (χ1) is 10.0. The third-order valence-corrected chi connectivity index (χ3v) is 3.54. The lowest BCUT2D eigenvalue weighted by Crippen LogP contribution is -2.48. The highest BCUT2D eigenvalue weighted by Crippen LogP contribution is 2.35. The van der Waals surface area contributed by atoms with Gasteiger partial charge in [-0.15, -0.1) is 0 Å². The van der Waals surface area contributed by atoms with Crippen molar-refractivity contribution in [2.75, 3.05) is 26.1 Å². The lowest BCUT2D eigenvalue weighted by Gasteiger charge is -2.31. The van der Waals surface area contributed by atoms with E-state index in [1.807, 2.05) is 0 Å². The number of imidazole rings is 1. The molecular formula is C11H15N5O5. The summed E-state index contributed by atoms with van der Waals surface area (Å²) in [6.45, 7) is -0.706. The molecule has 21 heavy (non-hydrogen) atoms. The SMILES string of the molecule is COc1nc(N)nc2c1ncn2[C@@]1(CO)OC[C@@H](O)[C@@H]1O. The molecule has 0 spiro atoms. The average molecular weight is 297 g/mol. The molecule has 0 aromatic carbocycles. The number of aliphatic hydroxyl groups is 3. The van der Waals surface area contributed by atoms with Crippen LogP contribution >= 0.6 is 0 Å². The van der Waals surface area contributed by atoms with Gasteiger partial charge in [0.25, 0.3) is 0 Å². The number of ether oxygens (including phenoxy) is 2. The summed E-state index contributed by atoms with van der Waals surface area (Å²) >= 11 is 0. The van der Waals surface area contributed by atoms with Gasteiger partial charge in [0.05, 0.1) is 26.7 Å². The molecule has 2 aromatic heterocycles. The van der Waals surface area contributed by atoms with E-state index in [-0.39, 0.29) is 24.1 Å². The Bertz CT molecular complexity index is 676. The lowest BCUT2D eigenvalue weighted by atomic mass is 10.1. The molecule has 3 heterocycles. The van der Waals surface area contributed by atoms with Crippen LogP contribution in [-0.2, 0) is 10.5 Å². The van der Waals surface area contributed by atoms with Crippen LogP contribution in [0.2, 0.25) is 0 Å². The monoisotopic (exact) mass is 297 g/mol. The summed E-state index contributed by atoms with van der Waals surface area (Å²) in [4.78, 5) is 12.0. The number of aromatic nitrogens is 4. The number of nitrogens with two attached hydrogens (primary N) is 1. The molecular weight excluding hydrogens is 282 g/mol. The highest BCUT2D eigenvalue weighted by Gasteiger charge is 2.51. The van der Waals surface area contributed by atoms with Gasteiger partial charge in [0.1, 0.15) is 12.2 Å². The largest absolute Gasteiger partial charge is 0.479 e. The summed E-state index contributed by atoms with van der Waals surface area (Å²) in [5, 5.41) is 29.5. The van der Waals surface area contributed by atoms with Crippen LogP contribution in [0.15, 0.2) is 6.33 Å². The molecule has 10 nitrogen and oxygen atoms in total. The molecule has 0 radical (unpaired) electrons. The van der Waals surface area contributed by atoms with Gasteiger partial charge >= 0.3 is 0 Å². The molecule has 1 fully saturated rings. The highest BCUT2D eigenvalue weighted by molar-refractivity contribution is 5.77. The molecule has 10 heteroatoms. The summed E-state index contributed by atoms with van der Waals surface area (Å²) < 4.78 is 11.8. The van der Waals surface area contributed by atoms with E-state index in [1.54, 1.807) is 0 Å². The van der Waals surface area contributed by atoms with Crippen molar-refractivity contribution in [3.63, 3.8) is 0 Å². The Morgan fingerprint density at radius 2 is 2.29 bits per heavy atom. The zero-order valence-electron chi connectivity index (χ0n) is 11.2.